The van der Waals surface area contributed by atoms with Crippen LogP contribution in [0.3, 0.4) is 0 Å². The molecule has 0 radical (unpaired) electrons. The summed E-state index contributed by atoms with van der Waals surface area (Å²) in [5.41, 5.74) is 5.52. The summed E-state index contributed by atoms with van der Waals surface area (Å²) in [7, 11) is 1.56. The highest BCUT2D eigenvalue weighted by atomic mass is 127. The van der Waals surface area contributed by atoms with Crippen molar-refractivity contribution >= 4 is 40.4 Å². The van der Waals surface area contributed by atoms with E-state index in [0.29, 0.717) is 23.7 Å². The summed E-state index contributed by atoms with van der Waals surface area (Å²) in [4.78, 5) is 22.3. The van der Waals surface area contributed by atoms with Crippen molar-refractivity contribution in [3.8, 4) is 11.5 Å². The van der Waals surface area contributed by atoms with Gasteiger partial charge in [0.1, 0.15) is 6.61 Å². The standard InChI is InChI=1S/C23H20IN3O5/c1-15-3-5-16(6-4-15)14-32-22-20(24)11-17(12-21(22)31-2)13-25-26-23(28)18-7-9-19(10-8-18)27(29)30/h3-13H,14H2,1-2H3,(H,26,28)/b25-13+. The van der Waals surface area contributed by atoms with Crippen LogP contribution < -0.4 is 14.9 Å². The van der Waals surface area contributed by atoms with Gasteiger partial charge in [0.25, 0.3) is 11.6 Å². The summed E-state index contributed by atoms with van der Waals surface area (Å²) in [5, 5.41) is 14.7. The Bertz CT molecular complexity index is 1150. The fourth-order valence-electron chi connectivity index (χ4n) is 2.76. The van der Waals surface area contributed by atoms with Gasteiger partial charge in [-0.25, -0.2) is 5.43 Å². The lowest BCUT2D eigenvalue weighted by Gasteiger charge is -2.13. The molecule has 0 heterocycles. The topological polar surface area (TPSA) is 103 Å². The lowest BCUT2D eigenvalue weighted by atomic mass is 10.2. The van der Waals surface area contributed by atoms with Gasteiger partial charge < -0.3 is 9.47 Å². The van der Waals surface area contributed by atoms with Crippen molar-refractivity contribution in [2.45, 2.75) is 13.5 Å². The quantitative estimate of drug-likeness (QED) is 0.189. The monoisotopic (exact) mass is 545 g/mol. The number of nitro benzene ring substituents is 1. The maximum Gasteiger partial charge on any atom is 0.271 e. The number of rotatable bonds is 8. The predicted octanol–water partition coefficient (Wildman–Crippen LogP) is 4.86. The number of nitrogens with one attached hydrogen (secondary N) is 1. The summed E-state index contributed by atoms with van der Waals surface area (Å²) < 4.78 is 12.3. The number of carbonyl (C=O) groups excluding carboxylic acids is 1. The van der Waals surface area contributed by atoms with E-state index in [9.17, 15) is 14.9 Å². The molecule has 0 aliphatic rings. The van der Waals surface area contributed by atoms with E-state index in [1.807, 2.05) is 37.3 Å². The molecule has 1 amide bonds. The molecule has 0 aromatic heterocycles. The van der Waals surface area contributed by atoms with Crippen molar-refractivity contribution in [2.24, 2.45) is 5.10 Å². The molecule has 0 spiro atoms. The van der Waals surface area contributed by atoms with E-state index in [1.165, 1.54) is 36.0 Å². The Morgan fingerprint density at radius 2 is 1.84 bits per heavy atom. The van der Waals surface area contributed by atoms with E-state index >= 15 is 0 Å². The van der Waals surface area contributed by atoms with Gasteiger partial charge in [0, 0.05) is 17.7 Å². The van der Waals surface area contributed by atoms with Crippen LogP contribution in [0.15, 0.2) is 65.8 Å². The van der Waals surface area contributed by atoms with Crippen molar-refractivity contribution < 1.29 is 19.2 Å². The number of methoxy groups -OCH3 is 1. The average Bonchev–Trinajstić information content (AvgIpc) is 2.79. The fraction of sp³-hybridized carbons (Fsp3) is 0.130. The molecule has 0 atom stereocenters. The molecule has 0 bridgehead atoms. The van der Waals surface area contributed by atoms with Gasteiger partial charge in [0.05, 0.1) is 21.8 Å². The second kappa shape index (κ2) is 10.7. The highest BCUT2D eigenvalue weighted by Crippen LogP contribution is 2.34. The van der Waals surface area contributed by atoms with Gasteiger partial charge in [-0.2, -0.15) is 5.10 Å². The number of hydrogen-bond acceptors (Lipinski definition) is 6. The van der Waals surface area contributed by atoms with Gasteiger partial charge in [-0.15, -0.1) is 0 Å². The molecule has 9 heteroatoms. The maximum absolute atomic E-state index is 12.2. The highest BCUT2D eigenvalue weighted by molar-refractivity contribution is 14.1. The van der Waals surface area contributed by atoms with Crippen LogP contribution in [0, 0.1) is 20.6 Å². The third-order valence-corrected chi connectivity index (χ3v) is 5.28. The number of hydrazone groups is 1. The summed E-state index contributed by atoms with van der Waals surface area (Å²) in [6.07, 6.45) is 1.48. The molecule has 0 saturated carbocycles. The van der Waals surface area contributed by atoms with E-state index < -0.39 is 10.8 Å². The van der Waals surface area contributed by atoms with Crippen LogP contribution in [0.2, 0.25) is 0 Å². The molecule has 32 heavy (non-hydrogen) atoms. The van der Waals surface area contributed by atoms with Gasteiger partial charge in [-0.3, -0.25) is 14.9 Å². The second-order valence-corrected chi connectivity index (χ2v) is 7.97. The number of non-ortho nitro benzene ring substituents is 1. The van der Waals surface area contributed by atoms with Crippen LogP contribution in [0.25, 0.3) is 0 Å². The Balaban J connectivity index is 1.66. The fourth-order valence-corrected chi connectivity index (χ4v) is 3.54. The Morgan fingerprint density at radius 1 is 1.16 bits per heavy atom. The van der Waals surface area contributed by atoms with Crippen LogP contribution in [-0.4, -0.2) is 24.2 Å². The van der Waals surface area contributed by atoms with Crippen molar-refractivity contribution in [3.05, 3.63) is 96.6 Å². The van der Waals surface area contributed by atoms with Crippen LogP contribution in [0.5, 0.6) is 11.5 Å². The molecule has 164 valence electrons. The first-order chi connectivity index (χ1) is 15.4. The van der Waals surface area contributed by atoms with Gasteiger partial charge in [-0.1, -0.05) is 29.8 Å². The van der Waals surface area contributed by atoms with Crippen molar-refractivity contribution in [3.63, 3.8) is 0 Å². The predicted molar refractivity (Wildman–Crippen MR) is 129 cm³/mol. The molecule has 0 saturated heterocycles. The van der Waals surface area contributed by atoms with Crippen LogP contribution >= 0.6 is 22.6 Å². The summed E-state index contributed by atoms with van der Waals surface area (Å²) in [6, 6.07) is 17.0. The molecular formula is C23H20IN3O5. The minimum absolute atomic E-state index is 0.0867. The number of nitrogens with zero attached hydrogens (tertiary/aromatic N) is 2. The minimum Gasteiger partial charge on any atom is -0.493 e. The summed E-state index contributed by atoms with van der Waals surface area (Å²) >= 11 is 2.16. The number of hydrogen-bond donors (Lipinski definition) is 1. The number of carbonyl (C=O) groups is 1. The number of halogens is 1. The molecule has 8 nitrogen and oxygen atoms in total. The van der Waals surface area contributed by atoms with Crippen molar-refractivity contribution in [2.75, 3.05) is 7.11 Å². The maximum atomic E-state index is 12.2. The van der Waals surface area contributed by atoms with E-state index in [4.69, 9.17) is 9.47 Å². The van der Waals surface area contributed by atoms with E-state index in [0.717, 1.165) is 9.13 Å². The Kier molecular flexibility index (Phi) is 7.77. The van der Waals surface area contributed by atoms with Crippen LogP contribution in [0.1, 0.15) is 27.0 Å². The smallest absolute Gasteiger partial charge is 0.271 e. The van der Waals surface area contributed by atoms with Gasteiger partial charge in [0.15, 0.2) is 11.5 Å². The molecule has 0 fully saturated rings. The summed E-state index contributed by atoms with van der Waals surface area (Å²) in [5.74, 6) is 0.698. The average molecular weight is 545 g/mol. The minimum atomic E-state index is -0.525. The normalized spacial score (nSPS) is 10.7. The Labute approximate surface area is 198 Å². The van der Waals surface area contributed by atoms with E-state index in [-0.39, 0.29) is 11.3 Å². The summed E-state index contributed by atoms with van der Waals surface area (Å²) in [6.45, 7) is 2.44. The number of ether oxygens (including phenoxy) is 2. The van der Waals surface area contributed by atoms with Crippen molar-refractivity contribution in [1.82, 2.24) is 5.43 Å². The molecule has 3 aromatic rings. The van der Waals surface area contributed by atoms with Gasteiger partial charge in [0.2, 0.25) is 0 Å². The van der Waals surface area contributed by atoms with Crippen LogP contribution in [-0.2, 0) is 6.61 Å². The van der Waals surface area contributed by atoms with E-state index in [2.05, 4.69) is 33.1 Å². The first-order valence-corrected chi connectivity index (χ1v) is 10.6. The zero-order chi connectivity index (χ0) is 23.1. The third-order valence-electron chi connectivity index (χ3n) is 4.48. The van der Waals surface area contributed by atoms with Gasteiger partial charge >= 0.3 is 0 Å². The molecule has 3 rings (SSSR count). The highest BCUT2D eigenvalue weighted by Gasteiger charge is 2.12. The lowest BCUT2D eigenvalue weighted by molar-refractivity contribution is -0.384. The SMILES string of the molecule is COc1cc(/C=N/NC(=O)c2ccc([N+](=O)[O-])cc2)cc(I)c1OCc1ccc(C)cc1. The molecule has 1 N–H and O–H groups in total. The van der Waals surface area contributed by atoms with Gasteiger partial charge in [-0.05, 0) is 64.9 Å². The molecule has 0 aliphatic heterocycles. The second-order valence-electron chi connectivity index (χ2n) is 6.81. The molecule has 0 aliphatic carbocycles. The third kappa shape index (κ3) is 6.03. The largest absolute Gasteiger partial charge is 0.493 e. The van der Waals surface area contributed by atoms with Crippen LogP contribution in [0.4, 0.5) is 5.69 Å². The molecule has 3 aromatic carbocycles. The number of nitro groups is 1. The number of benzene rings is 3. The van der Waals surface area contributed by atoms with E-state index in [1.54, 1.807) is 13.2 Å². The zero-order valence-electron chi connectivity index (χ0n) is 17.4. The zero-order valence-corrected chi connectivity index (χ0v) is 19.5. The lowest BCUT2D eigenvalue weighted by Crippen LogP contribution is -2.17. The number of aryl methyl sites for hydroxylation is 1. The Morgan fingerprint density at radius 3 is 2.47 bits per heavy atom. The molecule has 0 unspecified atom stereocenters. The van der Waals surface area contributed by atoms with Crippen molar-refractivity contribution in [1.29, 1.82) is 0 Å². The number of amides is 1. The first-order valence-electron chi connectivity index (χ1n) is 9.51. The molecular weight excluding hydrogens is 525 g/mol. The Hall–Kier alpha value is -3.47. The first kappa shape index (κ1) is 23.2.